The first-order valence-electron chi connectivity index (χ1n) is 10.1. The lowest BCUT2D eigenvalue weighted by molar-refractivity contribution is -0.274. The molecule has 1 aromatic carbocycles. The second kappa shape index (κ2) is 9.54. The largest absolute Gasteiger partial charge is 0.573 e. The Morgan fingerprint density at radius 3 is 2.77 bits per heavy atom. The van der Waals surface area contributed by atoms with Gasteiger partial charge in [0.05, 0.1) is 11.1 Å². The Hall–Kier alpha value is -3.65. The Balaban J connectivity index is 1.50. The third-order valence-electron chi connectivity index (χ3n) is 4.92. The Morgan fingerprint density at radius 2 is 2.06 bits per heavy atom. The van der Waals surface area contributed by atoms with E-state index in [2.05, 4.69) is 30.2 Å². The first kappa shape index (κ1) is 24.5. The molecule has 3 heterocycles. The molecule has 0 radical (unpaired) electrons. The van der Waals surface area contributed by atoms with Gasteiger partial charge in [-0.2, -0.15) is 9.97 Å². The molecule has 0 spiro atoms. The van der Waals surface area contributed by atoms with Crippen LogP contribution in [0.4, 0.5) is 29.7 Å². The molecule has 2 N–H and O–H groups in total. The zero-order valence-electron chi connectivity index (χ0n) is 18.2. The van der Waals surface area contributed by atoms with Gasteiger partial charge in [0.2, 0.25) is 17.7 Å². The first-order chi connectivity index (χ1) is 16.5. The highest BCUT2D eigenvalue weighted by atomic mass is 35.5. The number of ether oxygens (including phenoxy) is 2. The van der Waals surface area contributed by atoms with Crippen LogP contribution < -0.4 is 15.0 Å². The zero-order chi connectivity index (χ0) is 25.3. The highest BCUT2D eigenvalue weighted by Crippen LogP contribution is 2.34. The summed E-state index contributed by atoms with van der Waals surface area (Å²) in [6.45, 7) is 3.22. The number of aliphatic hydroxyl groups excluding tert-OH is 1. The lowest BCUT2D eigenvalue weighted by atomic mass is 10.2. The first-order valence-corrected chi connectivity index (χ1v) is 10.5. The van der Waals surface area contributed by atoms with E-state index >= 15 is 0 Å². The molecule has 186 valence electrons. The second-order valence-electron chi connectivity index (χ2n) is 7.51. The van der Waals surface area contributed by atoms with E-state index in [9.17, 15) is 23.1 Å². The van der Waals surface area contributed by atoms with Gasteiger partial charge in [-0.3, -0.25) is 4.90 Å². The molecule has 1 aliphatic heterocycles. The van der Waals surface area contributed by atoms with Crippen LogP contribution >= 0.6 is 11.6 Å². The maximum Gasteiger partial charge on any atom is 0.573 e. The maximum atomic E-state index is 12.6. The number of halogens is 4. The molecule has 1 aliphatic rings. The normalized spacial score (nSPS) is 17.7. The van der Waals surface area contributed by atoms with E-state index in [4.69, 9.17) is 20.9 Å². The molecule has 0 aliphatic carbocycles. The van der Waals surface area contributed by atoms with Crippen LogP contribution in [-0.4, -0.2) is 56.4 Å². The fourth-order valence-electron chi connectivity index (χ4n) is 3.24. The summed E-state index contributed by atoms with van der Waals surface area (Å²) < 4.78 is 51.9. The van der Waals surface area contributed by atoms with Gasteiger partial charge in [0.1, 0.15) is 30.3 Å². The van der Waals surface area contributed by atoms with Crippen LogP contribution in [0.25, 0.3) is 11.4 Å². The van der Waals surface area contributed by atoms with Crippen LogP contribution in [0.15, 0.2) is 35.0 Å². The lowest BCUT2D eigenvalue weighted by Crippen LogP contribution is -2.41. The number of hydrogen-bond acceptors (Lipinski definition) is 10. The molecule has 4 rings (SSSR count). The molecule has 3 aromatic rings. The van der Waals surface area contributed by atoms with Crippen LogP contribution in [-0.2, 0) is 4.74 Å². The van der Waals surface area contributed by atoms with E-state index < -0.39 is 36.4 Å². The number of carbonyl (C=O) groups is 1. The standard InChI is InChI=1S/C20H18ClF3N6O5/c1-9(26-18-25-6-5-15(27-18)30-13(10(2)31)8-33-19(30)32)17-28-16(29-35-17)11-3-4-12(21)14(7-11)34-20(22,23)24/h3-7,9-10,13,31H,8H2,1-2H3,(H,25,26,27)/t9-,10+,13+/m0/s1. The Bertz CT molecular complexity index is 1220. The van der Waals surface area contributed by atoms with Gasteiger partial charge in [0.15, 0.2) is 0 Å². The average Bonchev–Trinajstić information content (AvgIpc) is 3.42. The van der Waals surface area contributed by atoms with Gasteiger partial charge in [0, 0.05) is 11.8 Å². The summed E-state index contributed by atoms with van der Waals surface area (Å²) in [7, 11) is 0. The Morgan fingerprint density at radius 1 is 1.29 bits per heavy atom. The molecular weight excluding hydrogens is 497 g/mol. The topological polar surface area (TPSA) is 136 Å². The third kappa shape index (κ3) is 5.54. The molecule has 3 atom stereocenters. The molecule has 2 aromatic heterocycles. The SMILES string of the molecule is C[C@H](Nc1nccc(N2C(=O)OC[C@@H]2[C@@H](C)O)n1)c1nc(-c2ccc(Cl)c(OC(F)(F)F)c2)no1. The highest BCUT2D eigenvalue weighted by molar-refractivity contribution is 6.32. The minimum absolute atomic E-state index is 0.00611. The average molecular weight is 515 g/mol. The molecule has 1 fully saturated rings. The maximum absolute atomic E-state index is 12.6. The van der Waals surface area contributed by atoms with Gasteiger partial charge in [-0.05, 0) is 38.1 Å². The Labute approximate surface area is 200 Å². The predicted octanol–water partition coefficient (Wildman–Crippen LogP) is 3.96. The molecule has 0 unspecified atom stereocenters. The van der Waals surface area contributed by atoms with Gasteiger partial charge >= 0.3 is 12.5 Å². The summed E-state index contributed by atoms with van der Waals surface area (Å²) in [5.74, 6) is -0.176. The van der Waals surface area contributed by atoms with Gasteiger partial charge < -0.3 is 24.4 Å². The van der Waals surface area contributed by atoms with Gasteiger partial charge in [0.25, 0.3) is 0 Å². The molecule has 15 heteroatoms. The monoisotopic (exact) mass is 514 g/mol. The smallest absolute Gasteiger partial charge is 0.447 e. The van der Waals surface area contributed by atoms with Crippen LogP contribution in [0.1, 0.15) is 25.8 Å². The number of anilines is 2. The number of aromatic nitrogens is 4. The molecular formula is C20H18ClF3N6O5. The van der Waals surface area contributed by atoms with E-state index in [1.807, 2.05) is 0 Å². The van der Waals surface area contributed by atoms with Crippen molar-refractivity contribution in [3.8, 4) is 17.1 Å². The summed E-state index contributed by atoms with van der Waals surface area (Å²) in [5, 5.41) is 16.4. The minimum Gasteiger partial charge on any atom is -0.447 e. The van der Waals surface area contributed by atoms with Crippen LogP contribution in [0.2, 0.25) is 5.02 Å². The van der Waals surface area contributed by atoms with Crippen molar-refractivity contribution >= 4 is 29.5 Å². The predicted molar refractivity (Wildman–Crippen MR) is 115 cm³/mol. The summed E-state index contributed by atoms with van der Waals surface area (Å²) in [6, 6.07) is 3.94. The quantitative estimate of drug-likeness (QED) is 0.476. The number of nitrogens with zero attached hydrogens (tertiary/aromatic N) is 5. The van der Waals surface area contributed by atoms with E-state index in [1.54, 1.807) is 6.92 Å². The summed E-state index contributed by atoms with van der Waals surface area (Å²) >= 11 is 5.77. The molecule has 35 heavy (non-hydrogen) atoms. The van der Waals surface area contributed by atoms with Crippen molar-refractivity contribution in [3.63, 3.8) is 0 Å². The number of carbonyl (C=O) groups excluding carboxylic acids is 1. The fraction of sp³-hybridized carbons (Fsp3) is 0.350. The van der Waals surface area contributed by atoms with Crippen molar-refractivity contribution in [3.05, 3.63) is 41.4 Å². The second-order valence-corrected chi connectivity index (χ2v) is 7.92. The number of cyclic esters (lactones) is 1. The Kier molecular flexibility index (Phi) is 6.67. The number of amides is 1. The molecule has 1 amide bonds. The summed E-state index contributed by atoms with van der Waals surface area (Å²) in [5.41, 5.74) is 0.186. The van der Waals surface area contributed by atoms with Gasteiger partial charge in [-0.1, -0.05) is 16.8 Å². The van der Waals surface area contributed by atoms with Crippen molar-refractivity contribution in [2.24, 2.45) is 0 Å². The van der Waals surface area contributed by atoms with Crippen molar-refractivity contribution in [2.45, 2.75) is 38.4 Å². The molecule has 0 bridgehead atoms. The van der Waals surface area contributed by atoms with E-state index in [-0.39, 0.29) is 40.7 Å². The molecule has 1 saturated heterocycles. The van der Waals surface area contributed by atoms with Gasteiger partial charge in [-0.15, -0.1) is 13.2 Å². The third-order valence-corrected chi connectivity index (χ3v) is 5.24. The van der Waals surface area contributed by atoms with E-state index in [1.165, 1.54) is 36.2 Å². The number of benzene rings is 1. The molecule has 0 saturated carbocycles. The van der Waals surface area contributed by atoms with Crippen molar-refractivity contribution in [2.75, 3.05) is 16.8 Å². The highest BCUT2D eigenvalue weighted by Gasteiger charge is 2.38. The minimum atomic E-state index is -4.92. The number of hydrogen-bond donors (Lipinski definition) is 2. The van der Waals surface area contributed by atoms with Crippen LogP contribution in [0.5, 0.6) is 5.75 Å². The van der Waals surface area contributed by atoms with Crippen LogP contribution in [0, 0.1) is 0 Å². The van der Waals surface area contributed by atoms with Gasteiger partial charge in [-0.25, -0.2) is 9.78 Å². The van der Waals surface area contributed by atoms with Crippen LogP contribution in [0.3, 0.4) is 0 Å². The number of nitrogens with one attached hydrogen (secondary N) is 1. The fourth-order valence-corrected chi connectivity index (χ4v) is 3.39. The van der Waals surface area contributed by atoms with E-state index in [0.717, 1.165) is 6.07 Å². The van der Waals surface area contributed by atoms with Crippen molar-refractivity contribution < 1.29 is 37.1 Å². The zero-order valence-corrected chi connectivity index (χ0v) is 18.9. The summed E-state index contributed by atoms with van der Waals surface area (Å²) in [4.78, 5) is 25.9. The van der Waals surface area contributed by atoms with Crippen molar-refractivity contribution in [1.29, 1.82) is 0 Å². The van der Waals surface area contributed by atoms with E-state index in [0.29, 0.717) is 0 Å². The molecule has 11 nitrogen and oxygen atoms in total. The van der Waals surface area contributed by atoms with Crippen molar-refractivity contribution in [1.82, 2.24) is 20.1 Å². The number of aliphatic hydroxyl groups is 1. The lowest BCUT2D eigenvalue weighted by Gasteiger charge is -2.22. The number of rotatable bonds is 7. The number of alkyl halides is 3. The summed E-state index contributed by atoms with van der Waals surface area (Å²) in [6.07, 6.45) is -5.00.